The first-order valence-electron chi connectivity index (χ1n) is 4.87. The highest BCUT2D eigenvalue weighted by Gasteiger charge is 2.12. The number of carbonyl (C=O) groups is 1. The van der Waals surface area contributed by atoms with E-state index in [0.29, 0.717) is 11.3 Å². The van der Waals surface area contributed by atoms with Crippen LogP contribution >= 0.6 is 0 Å². The van der Waals surface area contributed by atoms with Crippen molar-refractivity contribution in [2.24, 2.45) is 0 Å². The third kappa shape index (κ3) is 1.65. The van der Waals surface area contributed by atoms with Crippen LogP contribution in [0.3, 0.4) is 0 Å². The topological polar surface area (TPSA) is 63.8 Å². The summed E-state index contributed by atoms with van der Waals surface area (Å²) in [5.74, 6) is -0.433. The Morgan fingerprint density at radius 3 is 3.00 bits per heavy atom. The van der Waals surface area contributed by atoms with Crippen LogP contribution in [0.5, 0.6) is 0 Å². The minimum absolute atomic E-state index is 0.370. The van der Waals surface area contributed by atoms with E-state index in [-0.39, 0.29) is 0 Å². The predicted octanol–water partition coefficient (Wildman–Crippen LogP) is 1.17. The van der Waals surface area contributed by atoms with Crippen molar-refractivity contribution in [2.75, 3.05) is 7.11 Å². The fraction of sp³-hybridized carbons (Fsp3) is 0.273. The number of hydrogen-bond acceptors (Lipinski definition) is 4. The Kier molecular flexibility index (Phi) is 2.62. The predicted molar refractivity (Wildman–Crippen MR) is 57.2 cm³/mol. The molecule has 1 unspecified atom stereocenters. The smallest absolute Gasteiger partial charge is 0.356 e. The molecule has 16 heavy (non-hydrogen) atoms. The summed E-state index contributed by atoms with van der Waals surface area (Å²) >= 11 is 0. The highest BCUT2D eigenvalue weighted by Crippen LogP contribution is 2.15. The van der Waals surface area contributed by atoms with E-state index in [1.54, 1.807) is 29.7 Å². The zero-order chi connectivity index (χ0) is 11.7. The summed E-state index contributed by atoms with van der Waals surface area (Å²) in [7, 11) is 1.33. The molecule has 2 heterocycles. The Balaban J connectivity index is 2.54. The van der Waals surface area contributed by atoms with Gasteiger partial charge in [0.2, 0.25) is 0 Å². The summed E-state index contributed by atoms with van der Waals surface area (Å²) in [4.78, 5) is 15.5. The molecule has 2 aromatic rings. The Hall–Kier alpha value is -1.88. The molecule has 84 valence electrons. The Bertz CT molecular complexity index is 531. The van der Waals surface area contributed by atoms with Gasteiger partial charge in [-0.1, -0.05) is 0 Å². The third-order valence-electron chi connectivity index (χ3n) is 2.41. The molecular formula is C11H12N2O3. The van der Waals surface area contributed by atoms with Gasteiger partial charge in [0.1, 0.15) is 5.65 Å². The molecule has 5 heteroatoms. The van der Waals surface area contributed by atoms with Crippen molar-refractivity contribution in [2.45, 2.75) is 13.0 Å². The number of aromatic nitrogens is 2. The molecule has 0 fully saturated rings. The van der Waals surface area contributed by atoms with Crippen molar-refractivity contribution >= 4 is 11.6 Å². The molecule has 1 N–H and O–H groups in total. The van der Waals surface area contributed by atoms with Crippen molar-refractivity contribution in [3.63, 3.8) is 0 Å². The van der Waals surface area contributed by atoms with Crippen molar-refractivity contribution in [3.8, 4) is 0 Å². The first kappa shape index (κ1) is 10.6. The Morgan fingerprint density at radius 1 is 1.62 bits per heavy atom. The summed E-state index contributed by atoms with van der Waals surface area (Å²) in [6.45, 7) is 1.68. The van der Waals surface area contributed by atoms with Gasteiger partial charge in [0.05, 0.1) is 19.4 Å². The van der Waals surface area contributed by atoms with Gasteiger partial charge in [0, 0.05) is 6.20 Å². The zero-order valence-corrected chi connectivity index (χ0v) is 9.04. The summed E-state index contributed by atoms with van der Waals surface area (Å²) in [6, 6.07) is 3.48. The number of aliphatic hydroxyl groups excluding tert-OH is 1. The second kappa shape index (κ2) is 3.94. The lowest BCUT2D eigenvalue weighted by Gasteiger charge is -2.05. The standard InChI is InChI=1S/C11H12N2O3/c1-7(14)8-3-4-13-9(11(15)16-2)6-12-10(13)5-8/h3-7,14H,1-2H3. The van der Waals surface area contributed by atoms with Crippen LogP contribution in [0.2, 0.25) is 0 Å². The van der Waals surface area contributed by atoms with E-state index in [1.165, 1.54) is 13.3 Å². The lowest BCUT2D eigenvalue weighted by molar-refractivity contribution is 0.0593. The molecule has 0 aromatic carbocycles. The molecule has 0 saturated carbocycles. The van der Waals surface area contributed by atoms with E-state index < -0.39 is 12.1 Å². The third-order valence-corrected chi connectivity index (χ3v) is 2.41. The molecule has 0 aliphatic carbocycles. The minimum Gasteiger partial charge on any atom is -0.464 e. The first-order chi connectivity index (χ1) is 7.63. The summed E-state index contributed by atoms with van der Waals surface area (Å²) < 4.78 is 6.25. The normalized spacial score (nSPS) is 12.7. The van der Waals surface area contributed by atoms with Gasteiger partial charge >= 0.3 is 5.97 Å². The maximum Gasteiger partial charge on any atom is 0.356 e. The molecule has 1 atom stereocenters. The molecule has 0 amide bonds. The number of carbonyl (C=O) groups excluding carboxylic acids is 1. The minimum atomic E-state index is -0.553. The summed E-state index contributed by atoms with van der Waals surface area (Å²) in [6.07, 6.45) is 2.59. The van der Waals surface area contributed by atoms with E-state index in [9.17, 15) is 9.90 Å². The Labute approximate surface area is 92.3 Å². The molecular weight excluding hydrogens is 208 g/mol. The number of hydrogen-bond donors (Lipinski definition) is 1. The van der Waals surface area contributed by atoms with Crippen LogP contribution in [-0.2, 0) is 4.74 Å². The van der Waals surface area contributed by atoms with Crippen molar-refractivity contribution in [3.05, 3.63) is 35.8 Å². The van der Waals surface area contributed by atoms with Gasteiger partial charge in [-0.05, 0) is 24.6 Å². The average Bonchev–Trinajstić information content (AvgIpc) is 2.70. The number of aliphatic hydroxyl groups is 1. The number of esters is 1. The highest BCUT2D eigenvalue weighted by atomic mass is 16.5. The van der Waals surface area contributed by atoms with Crippen LogP contribution in [0, 0.1) is 0 Å². The number of ether oxygens (including phenoxy) is 1. The van der Waals surface area contributed by atoms with Crippen LogP contribution in [0.4, 0.5) is 0 Å². The zero-order valence-electron chi connectivity index (χ0n) is 9.04. The van der Waals surface area contributed by atoms with E-state index in [4.69, 9.17) is 0 Å². The fourth-order valence-corrected chi connectivity index (χ4v) is 1.51. The lowest BCUT2D eigenvalue weighted by Crippen LogP contribution is -2.05. The molecule has 0 radical (unpaired) electrons. The monoisotopic (exact) mass is 220 g/mol. The van der Waals surface area contributed by atoms with Gasteiger partial charge in [-0.2, -0.15) is 0 Å². The van der Waals surface area contributed by atoms with Crippen LogP contribution < -0.4 is 0 Å². The van der Waals surface area contributed by atoms with Gasteiger partial charge in [-0.15, -0.1) is 0 Å². The first-order valence-corrected chi connectivity index (χ1v) is 4.87. The SMILES string of the molecule is COC(=O)c1cnc2cc(C(C)O)ccn12. The second-order valence-corrected chi connectivity index (χ2v) is 3.50. The number of imidazole rings is 1. The molecule has 5 nitrogen and oxygen atoms in total. The van der Waals surface area contributed by atoms with Crippen molar-refractivity contribution in [1.82, 2.24) is 9.38 Å². The number of methoxy groups -OCH3 is 1. The summed E-state index contributed by atoms with van der Waals surface area (Å²) in [5.41, 5.74) is 1.74. The van der Waals surface area contributed by atoms with Crippen LogP contribution in [-0.4, -0.2) is 27.6 Å². The molecule has 0 spiro atoms. The van der Waals surface area contributed by atoms with E-state index in [1.807, 2.05) is 0 Å². The quantitative estimate of drug-likeness (QED) is 0.772. The number of pyridine rings is 1. The van der Waals surface area contributed by atoms with E-state index >= 15 is 0 Å². The average molecular weight is 220 g/mol. The van der Waals surface area contributed by atoms with Crippen LogP contribution in [0.1, 0.15) is 29.1 Å². The molecule has 0 aliphatic heterocycles. The molecule has 0 bridgehead atoms. The largest absolute Gasteiger partial charge is 0.464 e. The molecule has 2 aromatic heterocycles. The Morgan fingerprint density at radius 2 is 2.38 bits per heavy atom. The number of rotatable bonds is 2. The van der Waals surface area contributed by atoms with Gasteiger partial charge in [-0.25, -0.2) is 9.78 Å². The highest BCUT2D eigenvalue weighted by molar-refractivity contribution is 5.88. The van der Waals surface area contributed by atoms with E-state index in [2.05, 4.69) is 9.72 Å². The van der Waals surface area contributed by atoms with Gasteiger partial charge in [-0.3, -0.25) is 4.40 Å². The fourth-order valence-electron chi connectivity index (χ4n) is 1.51. The van der Waals surface area contributed by atoms with Crippen molar-refractivity contribution < 1.29 is 14.6 Å². The maximum atomic E-state index is 11.4. The molecule has 0 saturated heterocycles. The van der Waals surface area contributed by atoms with Gasteiger partial charge < -0.3 is 9.84 Å². The number of fused-ring (bicyclic) bond motifs is 1. The van der Waals surface area contributed by atoms with Crippen LogP contribution in [0.15, 0.2) is 24.5 Å². The van der Waals surface area contributed by atoms with Gasteiger partial charge in [0.15, 0.2) is 5.69 Å². The summed E-state index contributed by atoms with van der Waals surface area (Å²) in [5, 5.41) is 9.42. The van der Waals surface area contributed by atoms with Crippen LogP contribution in [0.25, 0.3) is 5.65 Å². The van der Waals surface area contributed by atoms with Crippen molar-refractivity contribution in [1.29, 1.82) is 0 Å². The second-order valence-electron chi connectivity index (χ2n) is 3.50. The lowest BCUT2D eigenvalue weighted by atomic mass is 10.2. The molecule has 2 rings (SSSR count). The van der Waals surface area contributed by atoms with Gasteiger partial charge in [0.25, 0.3) is 0 Å². The van der Waals surface area contributed by atoms with E-state index in [0.717, 1.165) is 5.56 Å². The molecule has 0 aliphatic rings. The number of nitrogens with zero attached hydrogens (tertiary/aromatic N) is 2. The maximum absolute atomic E-state index is 11.4.